The Morgan fingerprint density at radius 3 is 0.829 bits per heavy atom. The number of unbranched alkanes of at least 4 members (excludes halogenated alkanes) is 30. The average Bonchev–Trinajstić information content (AvgIpc) is 2.97. The van der Waals surface area contributed by atoms with Crippen LogP contribution in [0.1, 0.15) is 219 Å². The minimum absolute atomic E-state index is 0.480. The van der Waals surface area contributed by atoms with Gasteiger partial charge in [0, 0.05) is 0 Å². The molecule has 0 aliphatic heterocycles. The Bertz CT molecular complexity index is 442. The van der Waals surface area contributed by atoms with Gasteiger partial charge in [0.2, 0.25) is 0 Å². The number of hydrogen-bond acceptors (Lipinski definition) is 3. The van der Waals surface area contributed by atoms with E-state index in [1.165, 1.54) is 193 Å². The number of carbonyl (C=O) groups is 1. The van der Waals surface area contributed by atoms with Crippen LogP contribution in [0.15, 0.2) is 0 Å². The lowest BCUT2D eigenvalue weighted by Crippen LogP contribution is -2.13. The molecule has 248 valence electrons. The summed E-state index contributed by atoms with van der Waals surface area (Å²) in [5.41, 5.74) is 10.4. The summed E-state index contributed by atoms with van der Waals surface area (Å²) in [7, 11) is 0. The van der Waals surface area contributed by atoms with Crippen LogP contribution in [0, 0.1) is 0 Å². The predicted octanol–water partition coefficient (Wildman–Crippen LogP) is 12.5. The van der Waals surface area contributed by atoms with Crippen LogP contribution in [-0.4, -0.2) is 19.2 Å². The SMILES string of the molecule is CCCCCCCCCCCCCCCCCCN.CCCCCCCCCCCCCCCCCCOC(N)=O. The lowest BCUT2D eigenvalue weighted by molar-refractivity contribution is 0.154. The van der Waals surface area contributed by atoms with Gasteiger partial charge >= 0.3 is 6.09 Å². The molecule has 0 atom stereocenters. The molecule has 0 aliphatic carbocycles. The third kappa shape index (κ3) is 46.4. The van der Waals surface area contributed by atoms with Crippen LogP contribution in [0.25, 0.3) is 0 Å². The molecule has 0 aromatic heterocycles. The van der Waals surface area contributed by atoms with Crippen LogP contribution in [0.5, 0.6) is 0 Å². The standard InChI is InChI=1S/C19H39NO2.C18H39N/c1-2-3-4-5-6-7-8-9-10-11-12-13-14-15-16-17-18-22-19(20)21;1-2-3-4-5-6-7-8-9-10-11-12-13-14-15-16-17-18-19/h2-18H2,1H3,(H2,20,21);2-19H2,1H3. The number of ether oxygens (including phenoxy) is 1. The largest absolute Gasteiger partial charge is 0.450 e. The topological polar surface area (TPSA) is 78.3 Å². The van der Waals surface area contributed by atoms with Crippen molar-refractivity contribution in [1.29, 1.82) is 0 Å². The highest BCUT2D eigenvalue weighted by Crippen LogP contribution is 2.15. The summed E-state index contributed by atoms with van der Waals surface area (Å²) in [4.78, 5) is 10.4. The van der Waals surface area contributed by atoms with Crippen LogP contribution in [-0.2, 0) is 4.74 Å². The fourth-order valence-corrected chi connectivity index (χ4v) is 5.52. The van der Waals surface area contributed by atoms with Gasteiger partial charge in [-0.15, -0.1) is 0 Å². The van der Waals surface area contributed by atoms with Gasteiger partial charge < -0.3 is 16.2 Å². The molecule has 4 N–H and O–H groups in total. The lowest BCUT2D eigenvalue weighted by Gasteiger charge is -2.04. The van der Waals surface area contributed by atoms with E-state index in [9.17, 15) is 4.79 Å². The zero-order valence-electron chi connectivity index (χ0n) is 28.5. The molecule has 4 heteroatoms. The molecule has 0 bridgehead atoms. The first-order valence-corrected chi connectivity index (χ1v) is 18.8. The molecule has 0 aromatic carbocycles. The van der Waals surface area contributed by atoms with Gasteiger partial charge in [0.25, 0.3) is 0 Å². The Hall–Kier alpha value is -0.770. The van der Waals surface area contributed by atoms with Gasteiger partial charge in [-0.05, 0) is 19.4 Å². The summed E-state index contributed by atoms with van der Waals surface area (Å²) in [5.74, 6) is 0. The number of rotatable bonds is 33. The number of primary amides is 1. The molecular formula is C37H78N2O2. The Kier molecular flexibility index (Phi) is 42.7. The van der Waals surface area contributed by atoms with E-state index in [1.54, 1.807) is 0 Å². The van der Waals surface area contributed by atoms with Gasteiger partial charge in [0.1, 0.15) is 0 Å². The second-order valence-electron chi connectivity index (χ2n) is 12.6. The van der Waals surface area contributed by atoms with Crippen LogP contribution in [0.4, 0.5) is 4.79 Å². The lowest BCUT2D eigenvalue weighted by atomic mass is 10.0. The van der Waals surface area contributed by atoms with E-state index >= 15 is 0 Å². The summed E-state index contributed by atoms with van der Waals surface area (Å²) in [5, 5.41) is 0. The first kappa shape index (κ1) is 42.4. The maximum atomic E-state index is 10.4. The van der Waals surface area contributed by atoms with Gasteiger partial charge in [-0.2, -0.15) is 0 Å². The quantitative estimate of drug-likeness (QED) is 0.0755. The molecule has 4 nitrogen and oxygen atoms in total. The molecule has 0 saturated carbocycles. The van der Waals surface area contributed by atoms with Crippen molar-refractivity contribution in [3.63, 3.8) is 0 Å². The van der Waals surface area contributed by atoms with Gasteiger partial charge in [-0.1, -0.05) is 206 Å². The third-order valence-electron chi connectivity index (χ3n) is 8.30. The maximum absolute atomic E-state index is 10.4. The summed E-state index contributed by atoms with van der Waals surface area (Å²) < 4.78 is 4.70. The maximum Gasteiger partial charge on any atom is 0.404 e. The summed E-state index contributed by atoms with van der Waals surface area (Å²) in [6.45, 7) is 5.92. The second-order valence-corrected chi connectivity index (χ2v) is 12.6. The van der Waals surface area contributed by atoms with E-state index in [2.05, 4.69) is 13.8 Å². The van der Waals surface area contributed by atoms with Crippen molar-refractivity contribution in [3.05, 3.63) is 0 Å². The molecule has 0 spiro atoms. The molecular weight excluding hydrogens is 504 g/mol. The number of amides is 1. The van der Waals surface area contributed by atoms with Gasteiger partial charge in [0.15, 0.2) is 0 Å². The van der Waals surface area contributed by atoms with Gasteiger partial charge in [-0.25, -0.2) is 4.79 Å². The van der Waals surface area contributed by atoms with E-state index in [4.69, 9.17) is 16.2 Å². The van der Waals surface area contributed by atoms with Crippen molar-refractivity contribution < 1.29 is 9.53 Å². The minimum atomic E-state index is -0.652. The molecule has 0 aliphatic rings. The minimum Gasteiger partial charge on any atom is -0.450 e. The third-order valence-corrected chi connectivity index (χ3v) is 8.30. The van der Waals surface area contributed by atoms with Gasteiger partial charge in [0.05, 0.1) is 6.61 Å². The van der Waals surface area contributed by atoms with Crippen molar-refractivity contribution in [2.24, 2.45) is 11.5 Å². The van der Waals surface area contributed by atoms with Crippen LogP contribution < -0.4 is 11.5 Å². The molecule has 0 fully saturated rings. The zero-order valence-corrected chi connectivity index (χ0v) is 28.5. The van der Waals surface area contributed by atoms with E-state index in [0.29, 0.717) is 6.61 Å². The molecule has 0 aromatic rings. The molecule has 0 rings (SSSR count). The van der Waals surface area contributed by atoms with Gasteiger partial charge in [-0.3, -0.25) is 0 Å². The predicted molar refractivity (Wildman–Crippen MR) is 184 cm³/mol. The van der Waals surface area contributed by atoms with Crippen molar-refractivity contribution in [3.8, 4) is 0 Å². The second kappa shape index (κ2) is 41.4. The van der Waals surface area contributed by atoms with Crippen LogP contribution in [0.2, 0.25) is 0 Å². The smallest absolute Gasteiger partial charge is 0.404 e. The summed E-state index contributed by atoms with van der Waals surface area (Å²) in [6, 6.07) is 0. The first-order valence-electron chi connectivity index (χ1n) is 18.8. The molecule has 0 saturated heterocycles. The normalized spacial score (nSPS) is 10.9. The number of carbonyl (C=O) groups excluding carboxylic acids is 1. The average molecular weight is 583 g/mol. The van der Waals surface area contributed by atoms with Crippen molar-refractivity contribution in [2.45, 2.75) is 219 Å². The van der Waals surface area contributed by atoms with Crippen molar-refractivity contribution >= 4 is 6.09 Å². The Morgan fingerprint density at radius 1 is 0.390 bits per heavy atom. The van der Waals surface area contributed by atoms with E-state index in [-0.39, 0.29) is 0 Å². The van der Waals surface area contributed by atoms with E-state index in [0.717, 1.165) is 19.4 Å². The highest BCUT2D eigenvalue weighted by molar-refractivity contribution is 5.64. The van der Waals surface area contributed by atoms with Crippen molar-refractivity contribution in [2.75, 3.05) is 13.2 Å². The van der Waals surface area contributed by atoms with E-state index in [1.807, 2.05) is 0 Å². The summed E-state index contributed by atoms with van der Waals surface area (Å²) >= 11 is 0. The first-order chi connectivity index (χ1) is 20.2. The fourth-order valence-electron chi connectivity index (χ4n) is 5.52. The summed E-state index contributed by atoms with van der Waals surface area (Å²) in [6.07, 6.45) is 43.8. The van der Waals surface area contributed by atoms with Crippen LogP contribution >= 0.6 is 0 Å². The Labute approximate surface area is 259 Å². The van der Waals surface area contributed by atoms with E-state index < -0.39 is 6.09 Å². The van der Waals surface area contributed by atoms with Crippen molar-refractivity contribution in [1.82, 2.24) is 0 Å². The molecule has 0 unspecified atom stereocenters. The molecule has 1 amide bonds. The molecule has 41 heavy (non-hydrogen) atoms. The monoisotopic (exact) mass is 583 g/mol. The molecule has 0 heterocycles. The highest BCUT2D eigenvalue weighted by Gasteiger charge is 1.97. The Balaban J connectivity index is 0. The number of hydrogen-bond donors (Lipinski definition) is 2. The number of nitrogens with two attached hydrogens (primary N) is 2. The Morgan fingerprint density at radius 2 is 0.610 bits per heavy atom. The fraction of sp³-hybridized carbons (Fsp3) is 0.973. The van der Waals surface area contributed by atoms with Crippen LogP contribution in [0.3, 0.4) is 0 Å². The highest BCUT2D eigenvalue weighted by atomic mass is 16.5. The molecule has 0 radical (unpaired) electrons. The zero-order chi connectivity index (χ0) is 30.3.